The summed E-state index contributed by atoms with van der Waals surface area (Å²) in [6, 6.07) is 1.38. The van der Waals surface area contributed by atoms with Crippen molar-refractivity contribution >= 4 is 29.0 Å². The molecule has 0 spiro atoms. The summed E-state index contributed by atoms with van der Waals surface area (Å²) in [5.74, 6) is -2.49. The summed E-state index contributed by atoms with van der Waals surface area (Å²) in [5.41, 5.74) is 0.374. The van der Waals surface area contributed by atoms with Crippen LogP contribution in [0.5, 0.6) is 5.88 Å². The van der Waals surface area contributed by atoms with Crippen LogP contribution in [0.25, 0.3) is 0 Å². The third-order valence-corrected chi connectivity index (χ3v) is 3.73. The Morgan fingerprint density at radius 1 is 1.43 bits per heavy atom. The highest BCUT2D eigenvalue weighted by Gasteiger charge is 2.35. The van der Waals surface area contributed by atoms with Gasteiger partial charge in [-0.1, -0.05) is 0 Å². The van der Waals surface area contributed by atoms with Gasteiger partial charge in [0.1, 0.15) is 14.0 Å². The van der Waals surface area contributed by atoms with E-state index < -0.39 is 15.9 Å². The number of pyridine rings is 1. The van der Waals surface area contributed by atoms with Gasteiger partial charge in [-0.2, -0.15) is 0 Å². The third-order valence-electron chi connectivity index (χ3n) is 3.12. The fourth-order valence-corrected chi connectivity index (χ4v) is 2.67. The van der Waals surface area contributed by atoms with E-state index in [9.17, 15) is 17.2 Å². The van der Waals surface area contributed by atoms with E-state index >= 15 is 0 Å². The topological polar surface area (TPSA) is 68.3 Å². The molecule has 1 saturated carbocycles. The molecule has 1 aliphatic rings. The van der Waals surface area contributed by atoms with E-state index in [1.165, 1.54) is 12.3 Å². The fourth-order valence-electron chi connectivity index (χ4n) is 2.13. The molecular formula is C12H15BF2N2O3S. The molecule has 0 aromatic carbocycles. The molecule has 0 atom stereocenters. The van der Waals surface area contributed by atoms with E-state index in [0.29, 0.717) is 0 Å². The van der Waals surface area contributed by atoms with Gasteiger partial charge >= 0.3 is 0 Å². The molecule has 1 aromatic heterocycles. The predicted octanol–water partition coefficient (Wildman–Crippen LogP) is 1.20. The average molecular weight is 316 g/mol. The molecule has 21 heavy (non-hydrogen) atoms. The lowest BCUT2D eigenvalue weighted by Crippen LogP contribution is -2.32. The Morgan fingerprint density at radius 3 is 2.57 bits per heavy atom. The molecule has 2 radical (unpaired) electrons. The summed E-state index contributed by atoms with van der Waals surface area (Å²) in [6.45, 7) is 0. The molecule has 1 N–H and O–H groups in total. The van der Waals surface area contributed by atoms with Crippen LogP contribution >= 0.6 is 0 Å². The van der Waals surface area contributed by atoms with Crippen molar-refractivity contribution < 1.29 is 21.9 Å². The molecule has 1 fully saturated rings. The first kappa shape index (κ1) is 16.0. The van der Waals surface area contributed by atoms with Crippen molar-refractivity contribution in [2.24, 2.45) is 0 Å². The summed E-state index contributed by atoms with van der Waals surface area (Å²) in [4.78, 5) is 3.93. The molecule has 9 heteroatoms. The smallest absolute Gasteiger partial charge is 0.248 e. The first-order valence-electron chi connectivity index (χ1n) is 6.42. The Labute approximate surface area is 123 Å². The molecule has 0 amide bonds. The lowest BCUT2D eigenvalue weighted by Gasteiger charge is -2.28. The normalized spacial score (nSPS) is 19.2. The van der Waals surface area contributed by atoms with Crippen LogP contribution in [0, 0.1) is 0 Å². The standard InChI is InChI=1S/C12H15BF2N2O3S/c1-21(18,19)17-8-6-10(13)11(16-7-8)20-9-2-4-12(14,15)5-3-9/h6-7,9,17H,2-5H2,1H3. The maximum Gasteiger partial charge on any atom is 0.248 e. The minimum atomic E-state index is -3.42. The number of nitrogens with one attached hydrogen (secondary N) is 1. The van der Waals surface area contributed by atoms with Crippen LogP contribution in [0.1, 0.15) is 25.7 Å². The zero-order chi connectivity index (χ0) is 15.7. The van der Waals surface area contributed by atoms with Gasteiger partial charge in [0.25, 0.3) is 0 Å². The largest absolute Gasteiger partial charge is 0.475 e. The van der Waals surface area contributed by atoms with E-state index in [-0.39, 0.29) is 48.8 Å². The van der Waals surface area contributed by atoms with Gasteiger partial charge in [-0.3, -0.25) is 4.72 Å². The highest BCUT2D eigenvalue weighted by Crippen LogP contribution is 2.34. The number of ether oxygens (including phenoxy) is 1. The van der Waals surface area contributed by atoms with E-state index in [4.69, 9.17) is 12.6 Å². The van der Waals surface area contributed by atoms with Crippen molar-refractivity contribution in [3.63, 3.8) is 0 Å². The number of hydrogen-bond acceptors (Lipinski definition) is 4. The summed E-state index contributed by atoms with van der Waals surface area (Å²) in [7, 11) is 2.32. The minimum absolute atomic E-state index is 0.129. The zero-order valence-corrected chi connectivity index (χ0v) is 12.3. The molecule has 1 aromatic rings. The monoisotopic (exact) mass is 316 g/mol. The van der Waals surface area contributed by atoms with Crippen LogP contribution in [0.3, 0.4) is 0 Å². The van der Waals surface area contributed by atoms with Crippen molar-refractivity contribution in [2.45, 2.75) is 37.7 Å². The van der Waals surface area contributed by atoms with Crippen LogP contribution in [-0.2, 0) is 10.0 Å². The number of halogens is 2. The van der Waals surface area contributed by atoms with E-state index in [2.05, 4.69) is 9.71 Å². The van der Waals surface area contributed by atoms with Gasteiger partial charge in [0.15, 0.2) is 0 Å². The molecule has 5 nitrogen and oxygen atoms in total. The Hall–Kier alpha value is -1.38. The van der Waals surface area contributed by atoms with Crippen LogP contribution in [0.2, 0.25) is 0 Å². The van der Waals surface area contributed by atoms with Crippen LogP contribution in [0.15, 0.2) is 12.3 Å². The lowest BCUT2D eigenvalue weighted by atomic mass is 9.93. The summed E-state index contributed by atoms with van der Waals surface area (Å²) in [6.07, 6.45) is 1.96. The number of alkyl halides is 2. The number of aromatic nitrogens is 1. The van der Waals surface area contributed by atoms with Crippen molar-refractivity contribution in [1.29, 1.82) is 0 Å². The Bertz CT molecular complexity index is 615. The van der Waals surface area contributed by atoms with Crippen molar-refractivity contribution in [2.75, 3.05) is 11.0 Å². The van der Waals surface area contributed by atoms with Gasteiger partial charge < -0.3 is 4.74 Å². The number of nitrogens with zero attached hydrogens (tertiary/aromatic N) is 1. The van der Waals surface area contributed by atoms with Crippen molar-refractivity contribution in [3.8, 4) is 5.88 Å². The van der Waals surface area contributed by atoms with Crippen molar-refractivity contribution in [3.05, 3.63) is 12.3 Å². The van der Waals surface area contributed by atoms with Crippen LogP contribution in [-0.4, -0.2) is 39.5 Å². The zero-order valence-electron chi connectivity index (χ0n) is 11.5. The van der Waals surface area contributed by atoms with Gasteiger partial charge in [0.2, 0.25) is 21.8 Å². The van der Waals surface area contributed by atoms with Gasteiger partial charge in [-0.15, -0.1) is 0 Å². The molecule has 1 heterocycles. The molecule has 0 bridgehead atoms. The van der Waals surface area contributed by atoms with Crippen LogP contribution in [0.4, 0.5) is 14.5 Å². The molecule has 0 saturated heterocycles. The molecule has 2 rings (SSSR count). The summed E-state index contributed by atoms with van der Waals surface area (Å²) in [5, 5.41) is 0. The Balaban J connectivity index is 2.02. The first-order valence-corrected chi connectivity index (χ1v) is 8.32. The fraction of sp³-hybridized carbons (Fsp3) is 0.583. The quantitative estimate of drug-likeness (QED) is 0.848. The molecular weight excluding hydrogens is 301 g/mol. The summed E-state index contributed by atoms with van der Waals surface area (Å²) >= 11 is 0. The van der Waals surface area contributed by atoms with E-state index in [1.807, 2.05) is 0 Å². The second kappa shape index (κ2) is 5.78. The maximum absolute atomic E-state index is 13.0. The molecule has 1 aliphatic carbocycles. The number of hydrogen-bond donors (Lipinski definition) is 1. The second-order valence-corrected chi connectivity index (χ2v) is 6.91. The minimum Gasteiger partial charge on any atom is -0.475 e. The number of anilines is 1. The first-order chi connectivity index (χ1) is 9.65. The van der Waals surface area contributed by atoms with Crippen LogP contribution < -0.4 is 14.9 Å². The highest BCUT2D eigenvalue weighted by molar-refractivity contribution is 7.92. The molecule has 114 valence electrons. The summed E-state index contributed by atoms with van der Waals surface area (Å²) < 4.78 is 56.0. The predicted molar refractivity (Wildman–Crippen MR) is 75.9 cm³/mol. The second-order valence-electron chi connectivity index (χ2n) is 5.17. The third kappa shape index (κ3) is 4.84. The van der Waals surface area contributed by atoms with Gasteiger partial charge in [-0.25, -0.2) is 22.2 Å². The Kier molecular flexibility index (Phi) is 4.41. The highest BCUT2D eigenvalue weighted by atomic mass is 32.2. The molecule has 0 unspecified atom stereocenters. The van der Waals surface area contributed by atoms with Gasteiger partial charge in [-0.05, 0) is 24.4 Å². The SMILES string of the molecule is [B]c1cc(NS(C)(=O)=O)cnc1OC1CCC(F)(F)CC1. The van der Waals surface area contributed by atoms with Gasteiger partial charge in [0.05, 0.1) is 18.1 Å². The van der Waals surface area contributed by atoms with Gasteiger partial charge in [0, 0.05) is 12.8 Å². The number of sulfonamides is 1. The average Bonchev–Trinajstić information content (AvgIpc) is 2.33. The molecule has 0 aliphatic heterocycles. The maximum atomic E-state index is 13.0. The van der Waals surface area contributed by atoms with E-state index in [1.54, 1.807) is 0 Å². The van der Waals surface area contributed by atoms with Crippen molar-refractivity contribution in [1.82, 2.24) is 4.98 Å². The Morgan fingerprint density at radius 2 is 2.05 bits per heavy atom. The van der Waals surface area contributed by atoms with E-state index in [0.717, 1.165) is 6.26 Å². The number of rotatable bonds is 4. The lowest BCUT2D eigenvalue weighted by molar-refractivity contribution is -0.0586.